The molecule has 1 atom stereocenters. The van der Waals surface area contributed by atoms with Crippen LogP contribution in [-0.2, 0) is 6.42 Å². The maximum Gasteiger partial charge on any atom is 0.287 e. The Kier molecular flexibility index (Phi) is 3.71. The summed E-state index contributed by atoms with van der Waals surface area (Å²) in [5.41, 5.74) is 1.42. The zero-order chi connectivity index (χ0) is 15.7. The predicted octanol–water partition coefficient (Wildman–Crippen LogP) is 2.52. The van der Waals surface area contributed by atoms with Gasteiger partial charge in [0.2, 0.25) is 0 Å². The molecule has 0 spiro atoms. The number of furan rings is 1. The number of rotatable bonds is 3. The third-order valence-electron chi connectivity index (χ3n) is 3.75. The van der Waals surface area contributed by atoms with E-state index in [9.17, 15) is 9.59 Å². The highest BCUT2D eigenvalue weighted by molar-refractivity contribution is 6.06. The fourth-order valence-electron chi connectivity index (χ4n) is 2.55. The third kappa shape index (κ3) is 2.50. The SMILES string of the molecule is CCc1oc(C(=O)N[C@@H]2COc3ccccc3C2=O)cc1C. The first kappa shape index (κ1) is 14.4. The van der Waals surface area contributed by atoms with Crippen molar-refractivity contribution in [2.24, 2.45) is 0 Å². The van der Waals surface area contributed by atoms with Crippen LogP contribution < -0.4 is 10.1 Å². The number of carbonyl (C=O) groups excluding carboxylic acids is 2. The molecular weight excluding hydrogens is 282 g/mol. The van der Waals surface area contributed by atoms with Gasteiger partial charge in [-0.1, -0.05) is 19.1 Å². The van der Waals surface area contributed by atoms with Crippen LogP contribution in [0.15, 0.2) is 34.7 Å². The molecule has 1 N–H and O–H groups in total. The maximum atomic E-state index is 12.4. The second-order valence-corrected chi connectivity index (χ2v) is 5.27. The summed E-state index contributed by atoms with van der Waals surface area (Å²) in [6.45, 7) is 3.98. The van der Waals surface area contributed by atoms with Crippen LogP contribution in [0.2, 0.25) is 0 Å². The first-order chi connectivity index (χ1) is 10.6. The van der Waals surface area contributed by atoms with Gasteiger partial charge < -0.3 is 14.5 Å². The molecule has 3 rings (SSSR count). The molecule has 114 valence electrons. The minimum absolute atomic E-state index is 0.127. The quantitative estimate of drug-likeness (QED) is 0.945. The number of hydrogen-bond donors (Lipinski definition) is 1. The summed E-state index contributed by atoms with van der Waals surface area (Å²) in [6, 6.07) is 8.02. The van der Waals surface area contributed by atoms with Crippen molar-refractivity contribution in [1.82, 2.24) is 5.32 Å². The molecule has 2 heterocycles. The summed E-state index contributed by atoms with van der Waals surface area (Å²) >= 11 is 0. The molecule has 0 bridgehead atoms. The van der Waals surface area contributed by atoms with E-state index in [0.717, 1.165) is 17.7 Å². The summed E-state index contributed by atoms with van der Waals surface area (Å²) in [7, 11) is 0. The van der Waals surface area contributed by atoms with Crippen LogP contribution in [0.3, 0.4) is 0 Å². The fraction of sp³-hybridized carbons (Fsp3) is 0.294. The van der Waals surface area contributed by atoms with Crippen LogP contribution in [0.5, 0.6) is 5.75 Å². The van der Waals surface area contributed by atoms with Crippen molar-refractivity contribution >= 4 is 11.7 Å². The zero-order valence-electron chi connectivity index (χ0n) is 12.5. The Labute approximate surface area is 128 Å². The molecular formula is C17H17NO4. The Morgan fingerprint density at radius 1 is 1.36 bits per heavy atom. The van der Waals surface area contributed by atoms with Gasteiger partial charge in [-0.15, -0.1) is 0 Å². The molecule has 0 saturated carbocycles. The van der Waals surface area contributed by atoms with E-state index in [0.29, 0.717) is 11.3 Å². The average Bonchev–Trinajstić information content (AvgIpc) is 2.91. The Balaban J connectivity index is 1.76. The number of fused-ring (bicyclic) bond motifs is 1. The minimum Gasteiger partial charge on any atom is -0.490 e. The topological polar surface area (TPSA) is 68.5 Å². The normalized spacial score (nSPS) is 16.8. The highest BCUT2D eigenvalue weighted by Gasteiger charge is 2.30. The van der Waals surface area contributed by atoms with Gasteiger partial charge in [0.05, 0.1) is 5.56 Å². The van der Waals surface area contributed by atoms with Crippen molar-refractivity contribution in [3.05, 3.63) is 53.0 Å². The van der Waals surface area contributed by atoms with Gasteiger partial charge in [-0.2, -0.15) is 0 Å². The van der Waals surface area contributed by atoms with Gasteiger partial charge >= 0.3 is 0 Å². The number of hydrogen-bond acceptors (Lipinski definition) is 4. The molecule has 0 unspecified atom stereocenters. The molecule has 22 heavy (non-hydrogen) atoms. The highest BCUT2D eigenvalue weighted by Crippen LogP contribution is 2.24. The van der Waals surface area contributed by atoms with Crippen LogP contribution in [0.4, 0.5) is 0 Å². The summed E-state index contributed by atoms with van der Waals surface area (Å²) in [6.07, 6.45) is 0.720. The maximum absolute atomic E-state index is 12.4. The Hall–Kier alpha value is -2.56. The van der Waals surface area contributed by atoms with E-state index < -0.39 is 11.9 Å². The number of Topliss-reactive ketones (excluding diaryl/α,β-unsaturated/α-hetero) is 1. The number of benzene rings is 1. The summed E-state index contributed by atoms with van der Waals surface area (Å²) in [4.78, 5) is 24.6. The van der Waals surface area contributed by atoms with Gasteiger partial charge in [0.25, 0.3) is 5.91 Å². The fourth-order valence-corrected chi connectivity index (χ4v) is 2.55. The first-order valence-electron chi connectivity index (χ1n) is 7.26. The summed E-state index contributed by atoms with van der Waals surface area (Å²) < 4.78 is 11.0. The monoisotopic (exact) mass is 299 g/mol. The Bertz CT molecular complexity index is 732. The number of para-hydroxylation sites is 1. The summed E-state index contributed by atoms with van der Waals surface area (Å²) in [5, 5.41) is 2.68. The average molecular weight is 299 g/mol. The molecule has 0 saturated heterocycles. The smallest absolute Gasteiger partial charge is 0.287 e. The molecule has 0 radical (unpaired) electrons. The van der Waals surface area contributed by atoms with Crippen LogP contribution in [0.25, 0.3) is 0 Å². The number of aryl methyl sites for hydroxylation is 2. The lowest BCUT2D eigenvalue weighted by atomic mass is 10.0. The predicted molar refractivity (Wildman–Crippen MR) is 80.3 cm³/mol. The van der Waals surface area contributed by atoms with E-state index in [-0.39, 0.29) is 18.2 Å². The van der Waals surface area contributed by atoms with Crippen molar-refractivity contribution in [3.8, 4) is 5.75 Å². The lowest BCUT2D eigenvalue weighted by Gasteiger charge is -2.24. The van der Waals surface area contributed by atoms with Crippen molar-refractivity contribution in [1.29, 1.82) is 0 Å². The Morgan fingerprint density at radius 2 is 2.14 bits per heavy atom. The van der Waals surface area contributed by atoms with E-state index in [1.54, 1.807) is 24.3 Å². The highest BCUT2D eigenvalue weighted by atomic mass is 16.5. The van der Waals surface area contributed by atoms with E-state index in [4.69, 9.17) is 9.15 Å². The van der Waals surface area contributed by atoms with Crippen molar-refractivity contribution in [2.45, 2.75) is 26.3 Å². The van der Waals surface area contributed by atoms with Crippen LogP contribution in [0.1, 0.15) is 39.2 Å². The van der Waals surface area contributed by atoms with Gasteiger partial charge in [-0.25, -0.2) is 0 Å². The van der Waals surface area contributed by atoms with Gasteiger partial charge in [0, 0.05) is 6.42 Å². The lowest BCUT2D eigenvalue weighted by Crippen LogP contribution is -2.47. The third-order valence-corrected chi connectivity index (χ3v) is 3.75. The van der Waals surface area contributed by atoms with Crippen molar-refractivity contribution in [2.75, 3.05) is 6.61 Å². The standard InChI is InChI=1S/C17H17NO4/c1-3-13-10(2)8-15(22-13)17(20)18-12-9-21-14-7-5-4-6-11(14)16(12)19/h4-8,12H,3,9H2,1-2H3,(H,18,20)/t12-/m1/s1. The minimum atomic E-state index is -0.696. The zero-order valence-corrected chi connectivity index (χ0v) is 12.5. The van der Waals surface area contributed by atoms with Crippen molar-refractivity contribution in [3.63, 3.8) is 0 Å². The second-order valence-electron chi connectivity index (χ2n) is 5.27. The molecule has 1 amide bonds. The van der Waals surface area contributed by atoms with Gasteiger partial charge in [-0.3, -0.25) is 9.59 Å². The van der Waals surface area contributed by atoms with Gasteiger partial charge in [-0.05, 0) is 30.7 Å². The largest absolute Gasteiger partial charge is 0.490 e. The van der Waals surface area contributed by atoms with E-state index in [1.807, 2.05) is 19.9 Å². The molecule has 2 aromatic rings. The van der Waals surface area contributed by atoms with Crippen LogP contribution in [0, 0.1) is 6.92 Å². The molecule has 0 aliphatic carbocycles. The number of ether oxygens (including phenoxy) is 1. The molecule has 1 aromatic carbocycles. The second kappa shape index (κ2) is 5.67. The molecule has 1 aliphatic heterocycles. The molecule has 1 aromatic heterocycles. The Morgan fingerprint density at radius 3 is 2.86 bits per heavy atom. The number of carbonyl (C=O) groups is 2. The van der Waals surface area contributed by atoms with Crippen molar-refractivity contribution < 1.29 is 18.7 Å². The van der Waals surface area contributed by atoms with E-state index in [2.05, 4.69) is 5.32 Å². The van der Waals surface area contributed by atoms with E-state index >= 15 is 0 Å². The number of ketones is 1. The summed E-state index contributed by atoms with van der Waals surface area (Å²) in [5.74, 6) is 1.01. The number of amides is 1. The lowest BCUT2D eigenvalue weighted by molar-refractivity contribution is 0.0782. The molecule has 1 aliphatic rings. The van der Waals surface area contributed by atoms with Gasteiger partial charge in [0.1, 0.15) is 24.2 Å². The molecule has 5 nitrogen and oxygen atoms in total. The molecule has 0 fully saturated rings. The molecule has 5 heteroatoms. The van der Waals surface area contributed by atoms with Crippen LogP contribution >= 0.6 is 0 Å². The van der Waals surface area contributed by atoms with Crippen LogP contribution in [-0.4, -0.2) is 24.3 Å². The first-order valence-corrected chi connectivity index (χ1v) is 7.26. The number of nitrogens with one attached hydrogen (secondary N) is 1. The van der Waals surface area contributed by atoms with E-state index in [1.165, 1.54) is 0 Å². The van der Waals surface area contributed by atoms with Gasteiger partial charge in [0.15, 0.2) is 11.5 Å².